The zero-order valence-corrected chi connectivity index (χ0v) is 13.7. The molecule has 0 spiro atoms. The summed E-state index contributed by atoms with van der Waals surface area (Å²) >= 11 is 1.16. The summed E-state index contributed by atoms with van der Waals surface area (Å²) in [5.74, 6) is -0.862. The summed E-state index contributed by atoms with van der Waals surface area (Å²) in [6.07, 6.45) is 1.18. The SMILES string of the molecule is COC(=O)/C=C1\SC(OC)(N(C)c2ccccc2)N(C)C1=O. The maximum atomic E-state index is 12.4. The van der Waals surface area contributed by atoms with Crippen LogP contribution >= 0.6 is 11.8 Å². The van der Waals surface area contributed by atoms with Crippen molar-refractivity contribution in [3.8, 4) is 0 Å². The minimum absolute atomic E-state index is 0.277. The van der Waals surface area contributed by atoms with Gasteiger partial charge in [0.05, 0.1) is 12.0 Å². The first-order chi connectivity index (χ1) is 10.5. The molecule has 1 atom stereocenters. The van der Waals surface area contributed by atoms with Gasteiger partial charge in [-0.3, -0.25) is 9.69 Å². The molecule has 1 fully saturated rings. The Labute approximate surface area is 133 Å². The predicted octanol–water partition coefficient (Wildman–Crippen LogP) is 1.64. The van der Waals surface area contributed by atoms with E-state index in [1.54, 1.807) is 7.05 Å². The molecule has 0 bridgehead atoms. The Morgan fingerprint density at radius 2 is 1.95 bits per heavy atom. The van der Waals surface area contributed by atoms with Crippen molar-refractivity contribution in [1.82, 2.24) is 4.90 Å². The lowest BCUT2D eigenvalue weighted by molar-refractivity contribution is -0.138. The molecule has 22 heavy (non-hydrogen) atoms. The molecule has 1 aromatic rings. The lowest BCUT2D eigenvalue weighted by Crippen LogP contribution is -2.55. The zero-order valence-electron chi connectivity index (χ0n) is 12.9. The smallest absolute Gasteiger partial charge is 0.331 e. The zero-order chi connectivity index (χ0) is 16.3. The molecular weight excluding hydrogens is 304 g/mol. The van der Waals surface area contributed by atoms with Gasteiger partial charge in [0, 0.05) is 33.0 Å². The second kappa shape index (κ2) is 6.41. The van der Waals surface area contributed by atoms with E-state index in [2.05, 4.69) is 4.74 Å². The highest BCUT2D eigenvalue weighted by atomic mass is 32.2. The Hall–Kier alpha value is -1.99. The third kappa shape index (κ3) is 2.69. The maximum absolute atomic E-state index is 12.4. The number of carbonyl (C=O) groups is 2. The third-order valence-corrected chi connectivity index (χ3v) is 4.96. The van der Waals surface area contributed by atoms with Crippen LogP contribution in [-0.4, -0.2) is 50.3 Å². The number of methoxy groups -OCH3 is 2. The Morgan fingerprint density at radius 1 is 1.32 bits per heavy atom. The fourth-order valence-corrected chi connectivity index (χ4v) is 3.44. The molecule has 0 N–H and O–H groups in total. The van der Waals surface area contributed by atoms with E-state index in [0.717, 1.165) is 17.4 Å². The van der Waals surface area contributed by atoms with Gasteiger partial charge in [-0.1, -0.05) is 18.2 Å². The van der Waals surface area contributed by atoms with Crippen LogP contribution < -0.4 is 4.90 Å². The summed E-state index contributed by atoms with van der Waals surface area (Å²) in [6.45, 7) is 0. The van der Waals surface area contributed by atoms with Gasteiger partial charge >= 0.3 is 5.97 Å². The maximum Gasteiger partial charge on any atom is 0.331 e. The van der Waals surface area contributed by atoms with Crippen molar-refractivity contribution < 1.29 is 19.1 Å². The molecule has 1 saturated heterocycles. The molecule has 1 aromatic carbocycles. The topological polar surface area (TPSA) is 59.1 Å². The van der Waals surface area contributed by atoms with Crippen molar-refractivity contribution in [2.45, 2.75) is 5.18 Å². The Balaban J connectivity index is 2.40. The minimum atomic E-state index is -1.06. The second-order valence-electron chi connectivity index (χ2n) is 4.65. The van der Waals surface area contributed by atoms with Crippen LogP contribution in [0.15, 0.2) is 41.3 Å². The van der Waals surface area contributed by atoms with Gasteiger partial charge in [0.1, 0.15) is 0 Å². The predicted molar refractivity (Wildman–Crippen MR) is 85.0 cm³/mol. The van der Waals surface area contributed by atoms with Crippen LogP contribution in [0, 0.1) is 0 Å². The number of ether oxygens (including phenoxy) is 2. The summed E-state index contributed by atoms with van der Waals surface area (Å²) in [4.78, 5) is 27.4. The number of rotatable bonds is 4. The molecule has 1 aliphatic rings. The molecule has 1 amide bonds. The first-order valence-corrected chi connectivity index (χ1v) is 7.38. The molecule has 0 saturated carbocycles. The molecule has 7 heteroatoms. The number of anilines is 1. The van der Waals surface area contributed by atoms with Gasteiger partial charge in [-0.25, -0.2) is 4.79 Å². The molecule has 0 aliphatic carbocycles. The van der Waals surface area contributed by atoms with E-state index in [9.17, 15) is 9.59 Å². The quantitative estimate of drug-likeness (QED) is 0.477. The number of amides is 1. The number of benzene rings is 1. The molecule has 118 valence electrons. The number of para-hydroxylation sites is 1. The Morgan fingerprint density at radius 3 is 2.50 bits per heavy atom. The van der Waals surface area contributed by atoms with Crippen LogP contribution in [0.5, 0.6) is 0 Å². The standard InChI is InChI=1S/C15H18N2O4S/c1-16(11-8-6-5-7-9-11)15(21-4)17(2)14(19)12(22-15)10-13(18)20-3/h5-10H,1-4H3/b12-10-. The molecule has 0 aromatic heterocycles. The van der Waals surface area contributed by atoms with Crippen LogP contribution in [0.3, 0.4) is 0 Å². The summed E-state index contributed by atoms with van der Waals surface area (Å²) < 4.78 is 10.2. The number of carbonyl (C=O) groups excluding carboxylic acids is 2. The van der Waals surface area contributed by atoms with Gasteiger partial charge < -0.3 is 14.4 Å². The van der Waals surface area contributed by atoms with Crippen LogP contribution in [-0.2, 0) is 19.1 Å². The molecule has 0 radical (unpaired) electrons. The van der Waals surface area contributed by atoms with Gasteiger partial charge in [0.15, 0.2) is 0 Å². The average Bonchev–Trinajstić information content (AvgIpc) is 2.80. The van der Waals surface area contributed by atoms with E-state index < -0.39 is 11.2 Å². The van der Waals surface area contributed by atoms with Gasteiger partial charge in [-0.05, 0) is 23.9 Å². The normalized spacial score (nSPS) is 23.0. The lowest BCUT2D eigenvalue weighted by atomic mass is 10.3. The molecular formula is C15H18N2O4S. The average molecular weight is 322 g/mol. The summed E-state index contributed by atoms with van der Waals surface area (Å²) in [7, 11) is 6.26. The van der Waals surface area contributed by atoms with Crippen molar-refractivity contribution in [2.75, 3.05) is 33.2 Å². The van der Waals surface area contributed by atoms with Crippen LogP contribution in [0.2, 0.25) is 0 Å². The van der Waals surface area contributed by atoms with E-state index in [0.29, 0.717) is 0 Å². The number of esters is 1. The first kappa shape index (κ1) is 16.4. The molecule has 6 nitrogen and oxygen atoms in total. The Bertz CT molecular complexity index is 605. The highest BCUT2D eigenvalue weighted by Crippen LogP contribution is 2.46. The van der Waals surface area contributed by atoms with E-state index in [4.69, 9.17) is 4.74 Å². The third-order valence-electron chi connectivity index (χ3n) is 3.47. The van der Waals surface area contributed by atoms with Crippen molar-refractivity contribution in [1.29, 1.82) is 0 Å². The summed E-state index contributed by atoms with van der Waals surface area (Å²) in [5, 5.41) is -1.06. The number of hydrogen-bond acceptors (Lipinski definition) is 6. The molecule has 1 unspecified atom stereocenters. The number of nitrogens with zero attached hydrogens (tertiary/aromatic N) is 2. The van der Waals surface area contributed by atoms with Crippen LogP contribution in [0.4, 0.5) is 5.69 Å². The van der Waals surface area contributed by atoms with Gasteiger partial charge in [-0.15, -0.1) is 0 Å². The van der Waals surface area contributed by atoms with Crippen LogP contribution in [0.25, 0.3) is 0 Å². The molecule has 1 aliphatic heterocycles. The summed E-state index contributed by atoms with van der Waals surface area (Å²) in [6, 6.07) is 9.56. The second-order valence-corrected chi connectivity index (χ2v) is 5.82. The largest absolute Gasteiger partial charge is 0.466 e. The molecule has 2 rings (SSSR count). The van der Waals surface area contributed by atoms with Crippen molar-refractivity contribution >= 4 is 29.3 Å². The number of thioether (sulfide) groups is 1. The highest BCUT2D eigenvalue weighted by molar-refractivity contribution is 8.05. The summed E-state index contributed by atoms with van der Waals surface area (Å²) in [5.41, 5.74) is 0.885. The number of hydrogen-bond donors (Lipinski definition) is 0. The van der Waals surface area contributed by atoms with E-state index in [1.165, 1.54) is 25.2 Å². The van der Waals surface area contributed by atoms with Gasteiger partial charge in [0.25, 0.3) is 11.1 Å². The van der Waals surface area contributed by atoms with E-state index in [-0.39, 0.29) is 10.8 Å². The highest BCUT2D eigenvalue weighted by Gasteiger charge is 2.51. The minimum Gasteiger partial charge on any atom is -0.466 e. The van der Waals surface area contributed by atoms with Crippen molar-refractivity contribution in [3.05, 3.63) is 41.3 Å². The van der Waals surface area contributed by atoms with Crippen LogP contribution in [0.1, 0.15) is 0 Å². The van der Waals surface area contributed by atoms with Gasteiger partial charge in [0.2, 0.25) is 0 Å². The lowest BCUT2D eigenvalue weighted by Gasteiger charge is -2.41. The van der Waals surface area contributed by atoms with Crippen molar-refractivity contribution in [3.63, 3.8) is 0 Å². The van der Waals surface area contributed by atoms with Gasteiger partial charge in [-0.2, -0.15) is 0 Å². The fraction of sp³-hybridized carbons (Fsp3) is 0.333. The van der Waals surface area contributed by atoms with E-state index >= 15 is 0 Å². The van der Waals surface area contributed by atoms with Crippen molar-refractivity contribution in [2.24, 2.45) is 0 Å². The molecule has 1 heterocycles. The number of likely N-dealkylation sites (N-methyl/N-ethyl adjacent to an activating group) is 1. The monoisotopic (exact) mass is 322 g/mol. The Kier molecular flexibility index (Phi) is 4.77. The fourth-order valence-electron chi connectivity index (χ4n) is 2.23. The van der Waals surface area contributed by atoms with E-state index in [1.807, 2.05) is 42.3 Å². The first-order valence-electron chi connectivity index (χ1n) is 6.57.